The van der Waals surface area contributed by atoms with Crippen LogP contribution in [0.1, 0.15) is 13.3 Å². The van der Waals surface area contributed by atoms with E-state index in [9.17, 15) is 0 Å². The standard InChI is InChI=1S/C11H13Br2NS/c1-7-10(4-5-15-7)14-11-6-8(12)2-3-9(11)13/h2-3,6-7,10,14H,4-5H2,1H3. The molecule has 0 aromatic heterocycles. The summed E-state index contributed by atoms with van der Waals surface area (Å²) in [5.74, 6) is 1.27. The topological polar surface area (TPSA) is 12.0 Å². The molecule has 1 aliphatic rings. The average Bonchev–Trinajstić information content (AvgIpc) is 2.58. The highest BCUT2D eigenvalue weighted by Crippen LogP contribution is 2.32. The molecule has 1 aliphatic heterocycles. The zero-order valence-electron chi connectivity index (χ0n) is 8.47. The largest absolute Gasteiger partial charge is 0.380 e. The van der Waals surface area contributed by atoms with Gasteiger partial charge < -0.3 is 5.32 Å². The highest BCUT2D eigenvalue weighted by molar-refractivity contribution is 9.11. The Morgan fingerprint density at radius 2 is 2.20 bits per heavy atom. The maximum absolute atomic E-state index is 3.60. The van der Waals surface area contributed by atoms with Gasteiger partial charge in [0, 0.05) is 25.9 Å². The third-order valence-electron chi connectivity index (χ3n) is 2.65. The first-order chi connectivity index (χ1) is 7.16. The average molecular weight is 351 g/mol. The number of hydrogen-bond donors (Lipinski definition) is 1. The molecule has 0 spiro atoms. The molecule has 2 unspecified atom stereocenters. The minimum absolute atomic E-state index is 0.598. The molecule has 0 saturated carbocycles. The first-order valence-electron chi connectivity index (χ1n) is 5.00. The fourth-order valence-electron chi connectivity index (χ4n) is 1.73. The van der Waals surface area contributed by atoms with Gasteiger partial charge in [-0.1, -0.05) is 22.9 Å². The van der Waals surface area contributed by atoms with Crippen molar-refractivity contribution in [1.82, 2.24) is 0 Å². The molecule has 1 N–H and O–H groups in total. The molecule has 0 bridgehead atoms. The Bertz CT molecular complexity index is 356. The zero-order valence-corrected chi connectivity index (χ0v) is 12.5. The Balaban J connectivity index is 2.12. The summed E-state index contributed by atoms with van der Waals surface area (Å²) >= 11 is 9.11. The van der Waals surface area contributed by atoms with Crippen molar-refractivity contribution in [3.63, 3.8) is 0 Å². The molecular formula is C11H13Br2NS. The fraction of sp³-hybridized carbons (Fsp3) is 0.455. The highest BCUT2D eigenvalue weighted by Gasteiger charge is 2.24. The molecule has 1 heterocycles. The molecule has 2 atom stereocenters. The molecule has 1 nitrogen and oxygen atoms in total. The maximum Gasteiger partial charge on any atom is 0.0498 e. The van der Waals surface area contributed by atoms with Gasteiger partial charge >= 0.3 is 0 Å². The molecule has 1 fully saturated rings. The maximum atomic E-state index is 3.60. The van der Waals surface area contributed by atoms with Gasteiger partial charge in [-0.3, -0.25) is 0 Å². The highest BCUT2D eigenvalue weighted by atomic mass is 79.9. The number of anilines is 1. The van der Waals surface area contributed by atoms with Gasteiger partial charge in [-0.05, 0) is 46.3 Å². The molecule has 1 aromatic rings. The molecule has 15 heavy (non-hydrogen) atoms. The Morgan fingerprint density at radius 3 is 2.87 bits per heavy atom. The van der Waals surface area contributed by atoms with Crippen LogP contribution in [0.25, 0.3) is 0 Å². The number of hydrogen-bond acceptors (Lipinski definition) is 2. The lowest BCUT2D eigenvalue weighted by Gasteiger charge is -2.19. The second kappa shape index (κ2) is 5.11. The lowest BCUT2D eigenvalue weighted by atomic mass is 10.1. The van der Waals surface area contributed by atoms with Crippen LogP contribution in [0.5, 0.6) is 0 Å². The predicted octanol–water partition coefficient (Wildman–Crippen LogP) is 4.52. The Hall–Kier alpha value is 0.330. The number of rotatable bonds is 2. The van der Waals surface area contributed by atoms with Crippen LogP contribution in [0.15, 0.2) is 27.1 Å². The van der Waals surface area contributed by atoms with Crippen LogP contribution >= 0.6 is 43.6 Å². The summed E-state index contributed by atoms with van der Waals surface area (Å²) in [5.41, 5.74) is 1.18. The molecule has 4 heteroatoms. The van der Waals surface area contributed by atoms with Crippen molar-refractivity contribution in [2.75, 3.05) is 11.1 Å². The first-order valence-corrected chi connectivity index (χ1v) is 7.63. The van der Waals surface area contributed by atoms with Gasteiger partial charge in [0.2, 0.25) is 0 Å². The van der Waals surface area contributed by atoms with E-state index in [-0.39, 0.29) is 0 Å². The summed E-state index contributed by atoms with van der Waals surface area (Å²) in [7, 11) is 0. The van der Waals surface area contributed by atoms with E-state index in [0.717, 1.165) is 8.95 Å². The molecule has 1 saturated heterocycles. The molecule has 0 radical (unpaired) electrons. The summed E-state index contributed by atoms with van der Waals surface area (Å²) in [5, 5.41) is 4.31. The van der Waals surface area contributed by atoms with Gasteiger partial charge in [0.25, 0.3) is 0 Å². The van der Waals surface area contributed by atoms with Crippen molar-refractivity contribution in [2.45, 2.75) is 24.6 Å². The van der Waals surface area contributed by atoms with E-state index in [1.807, 2.05) is 17.8 Å². The fourth-order valence-corrected chi connectivity index (χ4v) is 3.65. The number of benzene rings is 1. The number of thioether (sulfide) groups is 1. The van der Waals surface area contributed by atoms with Crippen LogP contribution in [-0.2, 0) is 0 Å². The second-order valence-corrected chi connectivity index (χ2v) is 6.99. The van der Waals surface area contributed by atoms with E-state index < -0.39 is 0 Å². The van der Waals surface area contributed by atoms with Crippen LogP contribution < -0.4 is 5.32 Å². The zero-order chi connectivity index (χ0) is 10.8. The lowest BCUT2D eigenvalue weighted by molar-refractivity contribution is 0.724. The van der Waals surface area contributed by atoms with Crippen LogP contribution in [-0.4, -0.2) is 17.0 Å². The summed E-state index contributed by atoms with van der Waals surface area (Å²) in [6, 6.07) is 6.83. The van der Waals surface area contributed by atoms with E-state index >= 15 is 0 Å². The van der Waals surface area contributed by atoms with Gasteiger partial charge in [-0.2, -0.15) is 11.8 Å². The van der Waals surface area contributed by atoms with Crippen molar-refractivity contribution in [1.29, 1.82) is 0 Å². The van der Waals surface area contributed by atoms with Gasteiger partial charge in [0.1, 0.15) is 0 Å². The van der Waals surface area contributed by atoms with Crippen molar-refractivity contribution >= 4 is 49.3 Å². The lowest BCUT2D eigenvalue weighted by Crippen LogP contribution is -2.24. The van der Waals surface area contributed by atoms with Crippen molar-refractivity contribution in [2.24, 2.45) is 0 Å². The van der Waals surface area contributed by atoms with E-state index in [4.69, 9.17) is 0 Å². The smallest absolute Gasteiger partial charge is 0.0498 e. The minimum atomic E-state index is 0.598. The monoisotopic (exact) mass is 349 g/mol. The number of nitrogens with one attached hydrogen (secondary N) is 1. The van der Waals surface area contributed by atoms with E-state index in [1.54, 1.807) is 0 Å². The van der Waals surface area contributed by atoms with Gasteiger partial charge in [-0.15, -0.1) is 0 Å². The van der Waals surface area contributed by atoms with Crippen LogP contribution in [0.2, 0.25) is 0 Å². The van der Waals surface area contributed by atoms with E-state index in [0.29, 0.717) is 11.3 Å². The summed E-state index contributed by atoms with van der Waals surface area (Å²) in [6.45, 7) is 2.29. The molecule has 1 aromatic carbocycles. The Labute approximate surface area is 112 Å². The third kappa shape index (κ3) is 2.92. The van der Waals surface area contributed by atoms with Crippen LogP contribution in [0.3, 0.4) is 0 Å². The summed E-state index contributed by atoms with van der Waals surface area (Å²) in [4.78, 5) is 0. The normalized spacial score (nSPS) is 25.5. The van der Waals surface area contributed by atoms with Crippen molar-refractivity contribution < 1.29 is 0 Å². The molecule has 2 rings (SSSR count). The van der Waals surface area contributed by atoms with Gasteiger partial charge in [0.05, 0.1) is 0 Å². The molecule has 0 aliphatic carbocycles. The quantitative estimate of drug-likeness (QED) is 0.841. The summed E-state index contributed by atoms with van der Waals surface area (Å²) in [6.07, 6.45) is 1.25. The summed E-state index contributed by atoms with van der Waals surface area (Å²) < 4.78 is 2.25. The van der Waals surface area contributed by atoms with E-state index in [2.05, 4.69) is 56.2 Å². The molecule has 0 amide bonds. The SMILES string of the molecule is CC1SCCC1Nc1cc(Br)ccc1Br. The molecule has 82 valence electrons. The number of halogens is 2. The van der Waals surface area contributed by atoms with Gasteiger partial charge in [0.15, 0.2) is 0 Å². The first kappa shape index (κ1) is 11.8. The van der Waals surface area contributed by atoms with Crippen molar-refractivity contribution in [3.8, 4) is 0 Å². The van der Waals surface area contributed by atoms with Crippen molar-refractivity contribution in [3.05, 3.63) is 27.1 Å². The van der Waals surface area contributed by atoms with E-state index in [1.165, 1.54) is 17.9 Å². The third-order valence-corrected chi connectivity index (χ3v) is 5.16. The van der Waals surface area contributed by atoms with Crippen LogP contribution in [0, 0.1) is 0 Å². The minimum Gasteiger partial charge on any atom is -0.380 e. The Morgan fingerprint density at radius 1 is 1.40 bits per heavy atom. The predicted molar refractivity (Wildman–Crippen MR) is 75.8 cm³/mol. The molecular weight excluding hydrogens is 338 g/mol. The Kier molecular flexibility index (Phi) is 4.02. The van der Waals surface area contributed by atoms with Gasteiger partial charge in [-0.25, -0.2) is 0 Å². The second-order valence-electron chi connectivity index (χ2n) is 3.74. The van der Waals surface area contributed by atoms with Crippen LogP contribution in [0.4, 0.5) is 5.69 Å².